The Bertz CT molecular complexity index is 1230. The Hall–Kier alpha value is -3.93. The van der Waals surface area contributed by atoms with E-state index in [0.29, 0.717) is 22.6 Å². The molecule has 0 unspecified atom stereocenters. The van der Waals surface area contributed by atoms with Crippen LogP contribution < -0.4 is 15.5 Å². The van der Waals surface area contributed by atoms with Gasteiger partial charge in [0.1, 0.15) is 6.04 Å². The molecule has 6 heteroatoms. The van der Waals surface area contributed by atoms with Crippen molar-refractivity contribution in [1.29, 1.82) is 0 Å². The number of benzene rings is 3. The van der Waals surface area contributed by atoms with Crippen molar-refractivity contribution in [3.05, 3.63) is 89.5 Å². The van der Waals surface area contributed by atoms with E-state index in [-0.39, 0.29) is 23.7 Å². The summed E-state index contributed by atoms with van der Waals surface area (Å²) in [5.41, 5.74) is 4.35. The molecule has 0 fully saturated rings. The van der Waals surface area contributed by atoms with Crippen LogP contribution in [0.15, 0.2) is 72.8 Å². The zero-order valence-electron chi connectivity index (χ0n) is 19.9. The summed E-state index contributed by atoms with van der Waals surface area (Å²) >= 11 is 0. The molecule has 0 bridgehead atoms. The quantitative estimate of drug-likeness (QED) is 0.561. The smallest absolute Gasteiger partial charge is 0.259 e. The molecule has 0 saturated carbocycles. The molecule has 3 aromatic rings. The number of para-hydroxylation sites is 2. The number of nitrogens with zero attached hydrogens (tertiary/aromatic N) is 1. The molecule has 34 heavy (non-hydrogen) atoms. The number of hydrogen-bond donors (Lipinski definition) is 2. The maximum absolute atomic E-state index is 13.7. The van der Waals surface area contributed by atoms with Gasteiger partial charge >= 0.3 is 0 Å². The van der Waals surface area contributed by atoms with E-state index >= 15 is 0 Å². The number of nitrogens with one attached hydrogen (secondary N) is 2. The number of fused-ring (bicyclic) bond motifs is 1. The minimum absolute atomic E-state index is 0.0458. The molecule has 1 aliphatic rings. The molecule has 0 spiro atoms. The Labute approximate surface area is 200 Å². The first-order valence-corrected chi connectivity index (χ1v) is 11.3. The van der Waals surface area contributed by atoms with Crippen LogP contribution in [0.1, 0.15) is 48.7 Å². The number of aryl methyl sites for hydroxylation is 1. The lowest BCUT2D eigenvalue weighted by Gasteiger charge is -2.36. The maximum Gasteiger partial charge on any atom is 0.259 e. The van der Waals surface area contributed by atoms with Gasteiger partial charge in [0, 0.05) is 11.3 Å². The lowest BCUT2D eigenvalue weighted by molar-refractivity contribution is -0.122. The van der Waals surface area contributed by atoms with Crippen LogP contribution in [0.3, 0.4) is 0 Å². The second-order valence-corrected chi connectivity index (χ2v) is 9.64. The Morgan fingerprint density at radius 3 is 2.24 bits per heavy atom. The van der Waals surface area contributed by atoms with Crippen molar-refractivity contribution in [2.75, 3.05) is 15.5 Å². The molecule has 0 saturated heterocycles. The summed E-state index contributed by atoms with van der Waals surface area (Å²) in [4.78, 5) is 41.0. The lowest BCUT2D eigenvalue weighted by Crippen LogP contribution is -2.52. The second kappa shape index (κ2) is 9.14. The van der Waals surface area contributed by atoms with Gasteiger partial charge in [-0.2, -0.15) is 0 Å². The Morgan fingerprint density at radius 1 is 0.941 bits per heavy atom. The third kappa shape index (κ3) is 4.86. The number of anilines is 3. The van der Waals surface area contributed by atoms with Crippen molar-refractivity contribution in [3.8, 4) is 0 Å². The number of rotatable bonds is 4. The molecule has 0 aliphatic carbocycles. The highest BCUT2D eigenvalue weighted by atomic mass is 16.2. The summed E-state index contributed by atoms with van der Waals surface area (Å²) in [5, 5.41) is 5.67. The highest BCUT2D eigenvalue weighted by Gasteiger charge is 2.38. The van der Waals surface area contributed by atoms with Gasteiger partial charge in [0.25, 0.3) is 5.91 Å². The lowest BCUT2D eigenvalue weighted by atomic mass is 9.86. The average molecular weight is 456 g/mol. The highest BCUT2D eigenvalue weighted by molar-refractivity contribution is 6.17. The van der Waals surface area contributed by atoms with Gasteiger partial charge in [-0.15, -0.1) is 0 Å². The Balaban J connectivity index is 1.64. The van der Waals surface area contributed by atoms with Gasteiger partial charge in [0.2, 0.25) is 11.8 Å². The third-order valence-corrected chi connectivity index (χ3v) is 5.97. The molecule has 0 radical (unpaired) electrons. The highest BCUT2D eigenvalue weighted by Crippen LogP contribution is 2.34. The van der Waals surface area contributed by atoms with E-state index in [0.717, 1.165) is 11.1 Å². The molecule has 3 amide bonds. The molecule has 0 aromatic heterocycles. The van der Waals surface area contributed by atoms with Gasteiger partial charge in [-0.05, 0) is 54.3 Å². The van der Waals surface area contributed by atoms with E-state index in [1.807, 2.05) is 49.4 Å². The van der Waals surface area contributed by atoms with Crippen molar-refractivity contribution in [2.45, 2.75) is 45.6 Å². The predicted molar refractivity (Wildman–Crippen MR) is 135 cm³/mol. The van der Waals surface area contributed by atoms with E-state index in [9.17, 15) is 14.4 Å². The van der Waals surface area contributed by atoms with Crippen LogP contribution in [0.2, 0.25) is 0 Å². The van der Waals surface area contributed by atoms with E-state index in [1.165, 1.54) is 4.90 Å². The van der Waals surface area contributed by atoms with Crippen LogP contribution in [0.5, 0.6) is 0 Å². The molecule has 1 heterocycles. The summed E-state index contributed by atoms with van der Waals surface area (Å²) in [6, 6.07) is 21.0. The first kappa shape index (κ1) is 23.2. The zero-order chi connectivity index (χ0) is 24.5. The summed E-state index contributed by atoms with van der Waals surface area (Å²) in [5.74, 6) is -1.06. The average Bonchev–Trinajstić information content (AvgIpc) is 2.80. The van der Waals surface area contributed by atoms with Crippen LogP contribution >= 0.6 is 0 Å². The monoisotopic (exact) mass is 455 g/mol. The van der Waals surface area contributed by atoms with E-state index in [4.69, 9.17) is 0 Å². The SMILES string of the molecule is Cc1ccc(NC(=O)C[C@H]2C(=O)Nc3ccccc3N2C(=O)c2ccc(C(C)(C)C)cc2)cc1. The summed E-state index contributed by atoms with van der Waals surface area (Å²) in [7, 11) is 0. The second-order valence-electron chi connectivity index (χ2n) is 9.64. The standard InChI is InChI=1S/C28H29N3O3/c1-18-9-15-21(16-10-18)29-25(32)17-24-26(33)30-22-7-5-6-8-23(22)31(24)27(34)19-11-13-20(14-12-19)28(2,3)4/h5-16,24H,17H2,1-4H3,(H,29,32)(H,30,33)/t24-/m0/s1. The van der Waals surface area contributed by atoms with Crippen LogP contribution in [0, 0.1) is 6.92 Å². The molecule has 2 N–H and O–H groups in total. The van der Waals surface area contributed by atoms with Crippen molar-refractivity contribution in [2.24, 2.45) is 0 Å². The van der Waals surface area contributed by atoms with Gasteiger partial charge < -0.3 is 10.6 Å². The Kier molecular flexibility index (Phi) is 6.24. The largest absolute Gasteiger partial charge is 0.326 e. The van der Waals surface area contributed by atoms with Crippen molar-refractivity contribution in [1.82, 2.24) is 0 Å². The van der Waals surface area contributed by atoms with Gasteiger partial charge in [-0.25, -0.2) is 0 Å². The summed E-state index contributed by atoms with van der Waals surface area (Å²) in [6.07, 6.45) is -0.167. The van der Waals surface area contributed by atoms with Crippen molar-refractivity contribution >= 4 is 34.8 Å². The van der Waals surface area contributed by atoms with Crippen molar-refractivity contribution < 1.29 is 14.4 Å². The topological polar surface area (TPSA) is 78.5 Å². The molecule has 174 valence electrons. The predicted octanol–water partition coefficient (Wildman–Crippen LogP) is 5.29. The van der Waals surface area contributed by atoms with Gasteiger partial charge in [-0.1, -0.05) is 62.7 Å². The van der Waals surface area contributed by atoms with Crippen molar-refractivity contribution in [3.63, 3.8) is 0 Å². The van der Waals surface area contributed by atoms with Crippen LogP contribution in [-0.2, 0) is 15.0 Å². The minimum atomic E-state index is -0.977. The number of carbonyl (C=O) groups is 3. The zero-order valence-corrected chi connectivity index (χ0v) is 19.9. The molecular weight excluding hydrogens is 426 g/mol. The fraction of sp³-hybridized carbons (Fsp3) is 0.250. The van der Waals surface area contributed by atoms with Gasteiger partial charge in [0.05, 0.1) is 17.8 Å². The first-order chi connectivity index (χ1) is 16.1. The van der Waals surface area contributed by atoms with Gasteiger partial charge in [0.15, 0.2) is 0 Å². The van der Waals surface area contributed by atoms with Crippen LogP contribution in [0.25, 0.3) is 0 Å². The fourth-order valence-electron chi connectivity index (χ4n) is 4.00. The molecule has 6 nitrogen and oxygen atoms in total. The molecule has 1 aliphatic heterocycles. The van der Waals surface area contributed by atoms with E-state index < -0.39 is 11.9 Å². The maximum atomic E-state index is 13.7. The number of amides is 3. The van der Waals surface area contributed by atoms with E-state index in [2.05, 4.69) is 31.4 Å². The Morgan fingerprint density at radius 2 is 1.59 bits per heavy atom. The normalized spacial score (nSPS) is 15.4. The van der Waals surface area contributed by atoms with Crippen LogP contribution in [0.4, 0.5) is 17.1 Å². The minimum Gasteiger partial charge on any atom is -0.326 e. The summed E-state index contributed by atoms with van der Waals surface area (Å²) < 4.78 is 0. The molecule has 3 aromatic carbocycles. The molecular formula is C28H29N3O3. The van der Waals surface area contributed by atoms with E-state index in [1.54, 1.807) is 30.3 Å². The summed E-state index contributed by atoms with van der Waals surface area (Å²) in [6.45, 7) is 8.29. The third-order valence-electron chi connectivity index (χ3n) is 5.97. The van der Waals surface area contributed by atoms with Crippen LogP contribution in [-0.4, -0.2) is 23.8 Å². The number of carbonyl (C=O) groups excluding carboxylic acids is 3. The van der Waals surface area contributed by atoms with Gasteiger partial charge in [-0.3, -0.25) is 19.3 Å². The number of hydrogen-bond acceptors (Lipinski definition) is 3. The first-order valence-electron chi connectivity index (χ1n) is 11.3. The molecule has 1 atom stereocenters. The molecule has 4 rings (SSSR count). The fourth-order valence-corrected chi connectivity index (χ4v) is 4.00.